The fourth-order valence-corrected chi connectivity index (χ4v) is 1.85. The maximum Gasteiger partial charge on any atom is 0.0777 e. The molecular formula is C10H21NO. The van der Waals surface area contributed by atoms with Gasteiger partial charge in [-0.3, -0.25) is 4.90 Å². The van der Waals surface area contributed by atoms with E-state index in [-0.39, 0.29) is 5.60 Å². The van der Waals surface area contributed by atoms with Crippen LogP contribution in [0, 0.1) is 0 Å². The van der Waals surface area contributed by atoms with Crippen LogP contribution in [0.5, 0.6) is 0 Å². The van der Waals surface area contributed by atoms with E-state index in [9.17, 15) is 0 Å². The Kier molecular flexibility index (Phi) is 3.13. The van der Waals surface area contributed by atoms with E-state index in [1.165, 1.54) is 19.4 Å². The molecule has 0 N–H and O–H groups in total. The van der Waals surface area contributed by atoms with Gasteiger partial charge in [-0.2, -0.15) is 0 Å². The van der Waals surface area contributed by atoms with Crippen LogP contribution in [0.2, 0.25) is 0 Å². The van der Waals surface area contributed by atoms with Crippen molar-refractivity contribution < 1.29 is 4.74 Å². The van der Waals surface area contributed by atoms with Gasteiger partial charge in [0.25, 0.3) is 0 Å². The molecule has 0 amide bonds. The number of methoxy groups -OCH3 is 1. The summed E-state index contributed by atoms with van der Waals surface area (Å²) < 4.78 is 5.52. The molecule has 0 saturated carbocycles. The van der Waals surface area contributed by atoms with Gasteiger partial charge < -0.3 is 4.74 Å². The van der Waals surface area contributed by atoms with Gasteiger partial charge in [-0.15, -0.1) is 0 Å². The summed E-state index contributed by atoms with van der Waals surface area (Å²) in [6.45, 7) is 9.03. The van der Waals surface area contributed by atoms with Crippen molar-refractivity contribution in [1.29, 1.82) is 0 Å². The van der Waals surface area contributed by atoms with Gasteiger partial charge in [0.15, 0.2) is 0 Å². The largest absolute Gasteiger partial charge is 0.377 e. The first-order chi connectivity index (χ1) is 5.57. The number of likely N-dealkylation sites (tertiary alicyclic amines) is 1. The molecule has 1 unspecified atom stereocenters. The summed E-state index contributed by atoms with van der Waals surface area (Å²) in [7, 11) is 1.82. The van der Waals surface area contributed by atoms with E-state index in [1.54, 1.807) is 0 Å². The Morgan fingerprint density at radius 3 is 2.58 bits per heavy atom. The number of rotatable bonds is 2. The van der Waals surface area contributed by atoms with Crippen LogP contribution in [-0.2, 0) is 4.74 Å². The van der Waals surface area contributed by atoms with Crippen LogP contribution in [0.4, 0.5) is 0 Å². The molecule has 2 nitrogen and oxygen atoms in total. The first-order valence-corrected chi connectivity index (χ1v) is 4.86. The lowest BCUT2D eigenvalue weighted by atomic mass is 9.94. The Morgan fingerprint density at radius 2 is 2.08 bits per heavy atom. The highest BCUT2D eigenvalue weighted by molar-refractivity contribution is 4.85. The van der Waals surface area contributed by atoms with Crippen molar-refractivity contribution in [2.75, 3.05) is 20.2 Å². The molecule has 72 valence electrons. The quantitative estimate of drug-likeness (QED) is 0.629. The normalized spacial score (nSPS) is 32.8. The topological polar surface area (TPSA) is 12.5 Å². The third-order valence-electron chi connectivity index (χ3n) is 2.91. The van der Waals surface area contributed by atoms with Gasteiger partial charge in [0.1, 0.15) is 0 Å². The lowest BCUT2D eigenvalue weighted by Crippen LogP contribution is -2.49. The molecule has 1 rings (SSSR count). The zero-order valence-electron chi connectivity index (χ0n) is 8.76. The minimum Gasteiger partial charge on any atom is -0.377 e. The number of piperidine rings is 1. The van der Waals surface area contributed by atoms with Crippen molar-refractivity contribution in [3.8, 4) is 0 Å². The standard InChI is InChI=1S/C10H21NO/c1-9(2)11-7-5-6-10(3,8-11)12-4/h9H,5-8H2,1-4H3. The molecule has 1 aliphatic rings. The van der Waals surface area contributed by atoms with Crippen LogP contribution in [0.1, 0.15) is 33.6 Å². The van der Waals surface area contributed by atoms with Crippen molar-refractivity contribution in [2.45, 2.75) is 45.3 Å². The molecule has 0 bridgehead atoms. The minimum atomic E-state index is 0.0997. The monoisotopic (exact) mass is 171 g/mol. The Morgan fingerprint density at radius 1 is 1.42 bits per heavy atom. The van der Waals surface area contributed by atoms with Crippen molar-refractivity contribution in [2.24, 2.45) is 0 Å². The molecule has 0 aromatic carbocycles. The van der Waals surface area contributed by atoms with Crippen molar-refractivity contribution in [3.05, 3.63) is 0 Å². The second-order valence-corrected chi connectivity index (χ2v) is 4.32. The zero-order valence-corrected chi connectivity index (χ0v) is 8.76. The summed E-state index contributed by atoms with van der Waals surface area (Å²) in [5.41, 5.74) is 0.0997. The smallest absolute Gasteiger partial charge is 0.0777 e. The summed E-state index contributed by atoms with van der Waals surface area (Å²) >= 11 is 0. The third-order valence-corrected chi connectivity index (χ3v) is 2.91. The third kappa shape index (κ3) is 2.20. The summed E-state index contributed by atoms with van der Waals surface area (Å²) in [5.74, 6) is 0. The van der Waals surface area contributed by atoms with Gasteiger partial charge in [-0.05, 0) is 40.2 Å². The fraction of sp³-hybridized carbons (Fsp3) is 1.00. The molecule has 0 radical (unpaired) electrons. The second-order valence-electron chi connectivity index (χ2n) is 4.32. The van der Waals surface area contributed by atoms with Crippen molar-refractivity contribution in [1.82, 2.24) is 4.90 Å². The van der Waals surface area contributed by atoms with Crippen molar-refractivity contribution >= 4 is 0 Å². The average molecular weight is 171 g/mol. The molecule has 1 saturated heterocycles. The lowest BCUT2D eigenvalue weighted by Gasteiger charge is -2.41. The highest BCUT2D eigenvalue weighted by atomic mass is 16.5. The molecule has 1 heterocycles. The van der Waals surface area contributed by atoms with Crippen LogP contribution in [0.25, 0.3) is 0 Å². The molecular weight excluding hydrogens is 150 g/mol. The first kappa shape index (κ1) is 10.0. The highest BCUT2D eigenvalue weighted by Gasteiger charge is 2.31. The average Bonchev–Trinajstić information content (AvgIpc) is 2.05. The Hall–Kier alpha value is -0.0800. The first-order valence-electron chi connectivity index (χ1n) is 4.86. The maximum absolute atomic E-state index is 5.52. The van der Waals surface area contributed by atoms with Gasteiger partial charge in [-0.25, -0.2) is 0 Å². The van der Waals surface area contributed by atoms with E-state index in [0.29, 0.717) is 6.04 Å². The number of nitrogens with zero attached hydrogens (tertiary/aromatic N) is 1. The molecule has 1 atom stereocenters. The molecule has 0 aromatic heterocycles. The Bertz CT molecular complexity index is 147. The molecule has 0 aliphatic carbocycles. The summed E-state index contributed by atoms with van der Waals surface area (Å²) in [6.07, 6.45) is 2.47. The Balaban J connectivity index is 2.51. The summed E-state index contributed by atoms with van der Waals surface area (Å²) in [4.78, 5) is 2.49. The minimum absolute atomic E-state index is 0.0997. The van der Waals surface area contributed by atoms with Gasteiger partial charge >= 0.3 is 0 Å². The lowest BCUT2D eigenvalue weighted by molar-refractivity contribution is -0.0578. The van der Waals surface area contributed by atoms with Crippen LogP contribution in [0.3, 0.4) is 0 Å². The summed E-state index contributed by atoms with van der Waals surface area (Å²) in [6, 6.07) is 0.653. The number of ether oxygens (including phenoxy) is 1. The predicted octanol–water partition coefficient (Wildman–Crippen LogP) is 1.90. The molecule has 12 heavy (non-hydrogen) atoms. The maximum atomic E-state index is 5.52. The van der Waals surface area contributed by atoms with Gasteiger partial charge in [-0.1, -0.05) is 0 Å². The van der Waals surface area contributed by atoms with E-state index in [1.807, 2.05) is 7.11 Å². The van der Waals surface area contributed by atoms with E-state index in [0.717, 1.165) is 6.54 Å². The van der Waals surface area contributed by atoms with Gasteiger partial charge in [0, 0.05) is 19.7 Å². The zero-order chi connectivity index (χ0) is 9.19. The van der Waals surface area contributed by atoms with Crippen LogP contribution >= 0.6 is 0 Å². The number of hydrogen-bond donors (Lipinski definition) is 0. The van der Waals surface area contributed by atoms with Gasteiger partial charge in [0.2, 0.25) is 0 Å². The fourth-order valence-electron chi connectivity index (χ4n) is 1.85. The molecule has 2 heteroatoms. The van der Waals surface area contributed by atoms with Crippen molar-refractivity contribution in [3.63, 3.8) is 0 Å². The van der Waals surface area contributed by atoms with E-state index >= 15 is 0 Å². The molecule has 0 spiro atoms. The van der Waals surface area contributed by atoms with Crippen LogP contribution in [-0.4, -0.2) is 36.7 Å². The van der Waals surface area contributed by atoms with E-state index < -0.39 is 0 Å². The molecule has 1 aliphatic heterocycles. The molecule has 1 fully saturated rings. The van der Waals surface area contributed by atoms with E-state index in [4.69, 9.17) is 4.74 Å². The Labute approximate surface area is 75.9 Å². The number of hydrogen-bond acceptors (Lipinski definition) is 2. The van der Waals surface area contributed by atoms with E-state index in [2.05, 4.69) is 25.7 Å². The van der Waals surface area contributed by atoms with Gasteiger partial charge in [0.05, 0.1) is 5.60 Å². The molecule has 0 aromatic rings. The predicted molar refractivity (Wildman–Crippen MR) is 51.4 cm³/mol. The SMILES string of the molecule is COC1(C)CCCN(C(C)C)C1. The summed E-state index contributed by atoms with van der Waals surface area (Å²) in [5, 5.41) is 0. The highest BCUT2D eigenvalue weighted by Crippen LogP contribution is 2.24. The van der Waals surface area contributed by atoms with Crippen LogP contribution < -0.4 is 0 Å². The van der Waals surface area contributed by atoms with Crippen LogP contribution in [0.15, 0.2) is 0 Å². The second kappa shape index (κ2) is 3.75.